The first-order valence-corrected chi connectivity index (χ1v) is 6.15. The van der Waals surface area contributed by atoms with Crippen LogP contribution < -0.4 is 0 Å². The number of benzene rings is 1. The van der Waals surface area contributed by atoms with Crippen molar-refractivity contribution in [2.24, 2.45) is 0 Å². The van der Waals surface area contributed by atoms with Gasteiger partial charge >= 0.3 is 0 Å². The molecule has 0 amide bonds. The summed E-state index contributed by atoms with van der Waals surface area (Å²) in [5, 5.41) is 0.585. The molecule has 2 rings (SSSR count). The topological polar surface area (TPSA) is 30.0 Å². The van der Waals surface area contributed by atoms with E-state index in [1.807, 2.05) is 32.0 Å². The van der Waals surface area contributed by atoms with Crippen LogP contribution >= 0.6 is 11.6 Å². The van der Waals surface area contributed by atoms with Crippen molar-refractivity contribution in [2.75, 3.05) is 0 Å². The molecule has 0 saturated heterocycles. The van der Waals surface area contributed by atoms with Gasteiger partial charge in [0, 0.05) is 16.8 Å². The van der Waals surface area contributed by atoms with E-state index in [1.54, 1.807) is 18.3 Å². The highest BCUT2D eigenvalue weighted by Crippen LogP contribution is 2.18. The lowest BCUT2D eigenvalue weighted by Crippen LogP contribution is -2.08. The fourth-order valence-corrected chi connectivity index (χ4v) is 2.02. The predicted octanol–water partition coefficient (Wildman–Crippen LogP) is 3.78. The van der Waals surface area contributed by atoms with Crippen LogP contribution in [0.4, 0.5) is 0 Å². The van der Waals surface area contributed by atoms with Crippen LogP contribution in [-0.4, -0.2) is 10.8 Å². The van der Waals surface area contributed by atoms with E-state index in [4.69, 9.17) is 11.6 Å². The number of ketones is 1. The Bertz CT molecular complexity index is 593. The van der Waals surface area contributed by atoms with Gasteiger partial charge in [0.05, 0.1) is 12.1 Å². The Morgan fingerprint density at radius 2 is 2.00 bits per heavy atom. The van der Waals surface area contributed by atoms with Crippen LogP contribution in [0.3, 0.4) is 0 Å². The van der Waals surface area contributed by atoms with Crippen molar-refractivity contribution in [1.82, 2.24) is 4.98 Å². The minimum atomic E-state index is 0.0526. The van der Waals surface area contributed by atoms with Gasteiger partial charge in [0.25, 0.3) is 0 Å². The van der Waals surface area contributed by atoms with Crippen molar-refractivity contribution in [1.29, 1.82) is 0 Å². The first-order valence-electron chi connectivity index (χ1n) is 5.78. The fraction of sp³-hybridized carbons (Fsp3) is 0.200. The number of Topliss-reactive ketones (excluding diaryl/α,β-unsaturated/α-hetero) is 1. The number of halogens is 1. The van der Waals surface area contributed by atoms with Gasteiger partial charge in [-0.05, 0) is 43.2 Å². The van der Waals surface area contributed by atoms with Crippen LogP contribution in [0.5, 0.6) is 0 Å². The second kappa shape index (κ2) is 5.32. The maximum Gasteiger partial charge on any atom is 0.169 e. The van der Waals surface area contributed by atoms with Gasteiger partial charge in [-0.1, -0.05) is 23.7 Å². The first kappa shape index (κ1) is 12.8. The van der Waals surface area contributed by atoms with Crippen LogP contribution in [0.2, 0.25) is 5.02 Å². The molecule has 1 aromatic heterocycles. The van der Waals surface area contributed by atoms with Crippen LogP contribution in [-0.2, 0) is 6.42 Å². The standard InChI is InChI=1S/C15H14ClNO/c1-10-5-6-12(16)8-13(10)15(18)9-14-11(2)4-3-7-17-14/h3-8H,9H2,1-2H3. The molecular formula is C15H14ClNO. The third-order valence-electron chi connectivity index (χ3n) is 2.95. The molecule has 0 aliphatic rings. The Morgan fingerprint density at radius 3 is 2.72 bits per heavy atom. The van der Waals surface area contributed by atoms with E-state index in [0.717, 1.165) is 16.8 Å². The summed E-state index contributed by atoms with van der Waals surface area (Å²) >= 11 is 5.93. The van der Waals surface area contributed by atoms with Crippen LogP contribution in [0.25, 0.3) is 0 Å². The number of nitrogens with zero attached hydrogens (tertiary/aromatic N) is 1. The highest BCUT2D eigenvalue weighted by molar-refractivity contribution is 6.31. The summed E-state index contributed by atoms with van der Waals surface area (Å²) in [6, 6.07) is 9.20. The molecule has 2 nitrogen and oxygen atoms in total. The largest absolute Gasteiger partial charge is 0.294 e. The minimum absolute atomic E-state index is 0.0526. The number of hydrogen-bond acceptors (Lipinski definition) is 2. The van der Waals surface area contributed by atoms with Gasteiger partial charge in [-0.2, -0.15) is 0 Å². The van der Waals surface area contributed by atoms with E-state index in [0.29, 0.717) is 17.0 Å². The third-order valence-corrected chi connectivity index (χ3v) is 3.18. The zero-order valence-corrected chi connectivity index (χ0v) is 11.2. The second-order valence-electron chi connectivity index (χ2n) is 4.33. The second-order valence-corrected chi connectivity index (χ2v) is 4.76. The molecule has 0 spiro atoms. The molecule has 3 heteroatoms. The maximum atomic E-state index is 12.2. The minimum Gasteiger partial charge on any atom is -0.294 e. The average Bonchev–Trinajstić information content (AvgIpc) is 2.35. The number of aryl methyl sites for hydroxylation is 2. The van der Waals surface area contributed by atoms with Crippen LogP contribution in [0, 0.1) is 13.8 Å². The van der Waals surface area contributed by atoms with Crippen LogP contribution in [0.15, 0.2) is 36.5 Å². The number of carbonyl (C=O) groups excluding carboxylic acids is 1. The molecule has 0 aliphatic heterocycles. The SMILES string of the molecule is Cc1ccc(Cl)cc1C(=O)Cc1ncccc1C. The Labute approximate surface area is 112 Å². The fourth-order valence-electron chi connectivity index (χ4n) is 1.85. The first-order chi connectivity index (χ1) is 8.58. The average molecular weight is 260 g/mol. The molecule has 1 aromatic carbocycles. The lowest BCUT2D eigenvalue weighted by atomic mass is 10.00. The van der Waals surface area contributed by atoms with Gasteiger partial charge in [0.1, 0.15) is 0 Å². The maximum absolute atomic E-state index is 12.2. The molecule has 0 N–H and O–H groups in total. The molecule has 0 aliphatic carbocycles. The van der Waals surface area contributed by atoms with Gasteiger partial charge in [-0.15, -0.1) is 0 Å². The van der Waals surface area contributed by atoms with Gasteiger partial charge in [-0.3, -0.25) is 9.78 Å². The van der Waals surface area contributed by atoms with E-state index >= 15 is 0 Å². The summed E-state index contributed by atoms with van der Waals surface area (Å²) < 4.78 is 0. The lowest BCUT2D eigenvalue weighted by molar-refractivity contribution is 0.0991. The van der Waals surface area contributed by atoms with Crippen molar-refractivity contribution in [3.05, 3.63) is 63.9 Å². The Kier molecular flexibility index (Phi) is 3.78. The molecule has 1 heterocycles. The Morgan fingerprint density at radius 1 is 1.22 bits per heavy atom. The molecule has 2 aromatic rings. The molecular weight excluding hydrogens is 246 g/mol. The van der Waals surface area contributed by atoms with Gasteiger partial charge < -0.3 is 0 Å². The van der Waals surface area contributed by atoms with Crippen molar-refractivity contribution >= 4 is 17.4 Å². The molecule has 0 unspecified atom stereocenters. The molecule has 0 radical (unpaired) electrons. The monoisotopic (exact) mass is 259 g/mol. The molecule has 92 valence electrons. The van der Waals surface area contributed by atoms with Crippen molar-refractivity contribution < 1.29 is 4.79 Å². The summed E-state index contributed by atoms with van der Waals surface area (Å²) in [6.45, 7) is 3.87. The number of carbonyl (C=O) groups is 1. The number of hydrogen-bond donors (Lipinski definition) is 0. The number of rotatable bonds is 3. The molecule has 0 bridgehead atoms. The van der Waals surface area contributed by atoms with Crippen molar-refractivity contribution in [2.45, 2.75) is 20.3 Å². The molecule has 18 heavy (non-hydrogen) atoms. The summed E-state index contributed by atoms with van der Waals surface area (Å²) in [6.07, 6.45) is 2.02. The summed E-state index contributed by atoms with van der Waals surface area (Å²) in [5.41, 5.74) is 3.47. The molecule has 0 atom stereocenters. The zero-order valence-electron chi connectivity index (χ0n) is 10.4. The summed E-state index contributed by atoms with van der Waals surface area (Å²) in [7, 11) is 0. The van der Waals surface area contributed by atoms with Gasteiger partial charge in [0.15, 0.2) is 5.78 Å². The van der Waals surface area contributed by atoms with E-state index < -0.39 is 0 Å². The van der Waals surface area contributed by atoms with E-state index in [2.05, 4.69) is 4.98 Å². The summed E-state index contributed by atoms with van der Waals surface area (Å²) in [5.74, 6) is 0.0526. The predicted molar refractivity (Wildman–Crippen MR) is 73.2 cm³/mol. The van der Waals surface area contributed by atoms with Gasteiger partial charge in [-0.25, -0.2) is 0 Å². The Hall–Kier alpha value is -1.67. The van der Waals surface area contributed by atoms with Gasteiger partial charge in [0.2, 0.25) is 0 Å². The zero-order chi connectivity index (χ0) is 13.1. The van der Waals surface area contributed by atoms with E-state index in [1.165, 1.54) is 0 Å². The van der Waals surface area contributed by atoms with E-state index in [-0.39, 0.29) is 5.78 Å². The summed E-state index contributed by atoms with van der Waals surface area (Å²) in [4.78, 5) is 16.5. The van der Waals surface area contributed by atoms with Crippen LogP contribution in [0.1, 0.15) is 27.2 Å². The third kappa shape index (κ3) is 2.77. The number of aromatic nitrogens is 1. The smallest absolute Gasteiger partial charge is 0.169 e. The molecule has 0 saturated carbocycles. The normalized spacial score (nSPS) is 10.4. The Balaban J connectivity index is 2.28. The number of pyridine rings is 1. The van der Waals surface area contributed by atoms with Crippen molar-refractivity contribution in [3.8, 4) is 0 Å². The molecule has 0 fully saturated rings. The van der Waals surface area contributed by atoms with E-state index in [9.17, 15) is 4.79 Å². The highest BCUT2D eigenvalue weighted by atomic mass is 35.5. The lowest BCUT2D eigenvalue weighted by Gasteiger charge is -2.07. The van der Waals surface area contributed by atoms with Crippen molar-refractivity contribution in [3.63, 3.8) is 0 Å². The quantitative estimate of drug-likeness (QED) is 0.786. The highest BCUT2D eigenvalue weighted by Gasteiger charge is 2.12.